The van der Waals surface area contributed by atoms with Gasteiger partial charge in [-0.05, 0) is 37.3 Å². The number of carboxylic acid groups (broad SMARTS) is 1. The summed E-state index contributed by atoms with van der Waals surface area (Å²) in [5, 5.41) is 9.12. The molecule has 18 heavy (non-hydrogen) atoms. The first kappa shape index (κ1) is 11.3. The quantitative estimate of drug-likeness (QED) is 0.867. The van der Waals surface area contributed by atoms with Gasteiger partial charge >= 0.3 is 5.97 Å². The van der Waals surface area contributed by atoms with E-state index in [2.05, 4.69) is 0 Å². The molecule has 2 aliphatic rings. The molecule has 1 aliphatic heterocycles. The van der Waals surface area contributed by atoms with Crippen molar-refractivity contribution in [1.82, 2.24) is 4.90 Å². The Hall–Kier alpha value is -1.84. The van der Waals surface area contributed by atoms with E-state index in [1.807, 2.05) is 4.90 Å². The molecule has 1 aromatic carbocycles. The van der Waals surface area contributed by atoms with Crippen LogP contribution in [0.1, 0.15) is 40.0 Å². The minimum atomic E-state index is -1.04. The number of carbonyl (C=O) groups excluding carboxylic acids is 1. The molecular formula is C14H15NO3. The molecule has 94 valence electrons. The molecule has 4 heteroatoms. The van der Waals surface area contributed by atoms with E-state index in [0.717, 1.165) is 19.4 Å². The van der Waals surface area contributed by atoms with E-state index in [-0.39, 0.29) is 11.5 Å². The molecule has 1 N–H and O–H groups in total. The number of benzene rings is 1. The van der Waals surface area contributed by atoms with Crippen LogP contribution in [0, 0.1) is 5.92 Å². The van der Waals surface area contributed by atoms with Crippen molar-refractivity contribution in [2.75, 3.05) is 6.54 Å². The van der Waals surface area contributed by atoms with Crippen molar-refractivity contribution in [3.63, 3.8) is 0 Å². The fourth-order valence-electron chi connectivity index (χ4n) is 3.18. The molecule has 0 aromatic heterocycles. The van der Waals surface area contributed by atoms with Gasteiger partial charge in [-0.2, -0.15) is 0 Å². The Bertz CT molecular complexity index is 512. The number of amides is 1. The maximum Gasteiger partial charge on any atom is 0.336 e. The lowest BCUT2D eigenvalue weighted by atomic mass is 10.0. The summed E-state index contributed by atoms with van der Waals surface area (Å²) in [7, 11) is 0. The first-order valence-corrected chi connectivity index (χ1v) is 6.30. The van der Waals surface area contributed by atoms with Crippen LogP contribution in [-0.2, 0) is 0 Å². The summed E-state index contributed by atoms with van der Waals surface area (Å²) in [6.45, 7) is 0.789. The number of aromatic carboxylic acids is 1. The molecule has 1 aromatic rings. The second-order valence-corrected chi connectivity index (χ2v) is 5.14. The summed E-state index contributed by atoms with van der Waals surface area (Å²) >= 11 is 0. The Morgan fingerprint density at radius 3 is 2.44 bits per heavy atom. The standard InChI is InChI=1S/C14H15NO3/c16-13(15-8-9-5-6-10(15)7-9)11-3-1-2-4-12(11)14(17)18/h1-4,9-10H,5-8H2,(H,17,18). The molecule has 4 nitrogen and oxygen atoms in total. The number of piperidine rings is 1. The molecule has 2 bridgehead atoms. The monoisotopic (exact) mass is 245 g/mol. The van der Waals surface area contributed by atoms with Crippen LogP contribution in [0.15, 0.2) is 24.3 Å². The lowest BCUT2D eigenvalue weighted by Crippen LogP contribution is -2.38. The van der Waals surface area contributed by atoms with E-state index >= 15 is 0 Å². The Kier molecular flexibility index (Phi) is 2.58. The topological polar surface area (TPSA) is 57.6 Å². The van der Waals surface area contributed by atoms with E-state index in [9.17, 15) is 9.59 Å². The lowest BCUT2D eigenvalue weighted by molar-refractivity contribution is 0.0657. The van der Waals surface area contributed by atoms with Gasteiger partial charge < -0.3 is 10.0 Å². The highest BCUT2D eigenvalue weighted by atomic mass is 16.4. The molecule has 1 heterocycles. The predicted molar refractivity (Wildman–Crippen MR) is 65.6 cm³/mol. The average molecular weight is 245 g/mol. The number of carboxylic acids is 1. The molecule has 2 atom stereocenters. The van der Waals surface area contributed by atoms with Gasteiger partial charge in [0.25, 0.3) is 5.91 Å². The maximum atomic E-state index is 12.4. The third kappa shape index (κ3) is 1.68. The molecule has 2 unspecified atom stereocenters. The molecule has 2 fully saturated rings. The van der Waals surface area contributed by atoms with Gasteiger partial charge in [-0.1, -0.05) is 12.1 Å². The minimum Gasteiger partial charge on any atom is -0.478 e. The largest absolute Gasteiger partial charge is 0.478 e. The zero-order valence-corrected chi connectivity index (χ0v) is 10.0. The molecule has 3 rings (SSSR count). The van der Waals surface area contributed by atoms with Gasteiger partial charge in [-0.25, -0.2) is 4.79 Å². The SMILES string of the molecule is O=C(O)c1ccccc1C(=O)N1CC2CCC1C2. The van der Waals surface area contributed by atoms with Crippen LogP contribution in [0.3, 0.4) is 0 Å². The number of fused-ring (bicyclic) bond motifs is 2. The van der Waals surface area contributed by atoms with Gasteiger partial charge in [-0.3, -0.25) is 4.79 Å². The van der Waals surface area contributed by atoms with Gasteiger partial charge in [0.15, 0.2) is 0 Å². The predicted octanol–water partition coefficient (Wildman–Crippen LogP) is 2.01. The number of hydrogen-bond donors (Lipinski definition) is 1. The first-order valence-electron chi connectivity index (χ1n) is 6.30. The van der Waals surface area contributed by atoms with Crippen molar-refractivity contribution in [3.05, 3.63) is 35.4 Å². The van der Waals surface area contributed by atoms with Crippen molar-refractivity contribution in [3.8, 4) is 0 Å². The zero-order chi connectivity index (χ0) is 12.7. The number of nitrogens with zero attached hydrogens (tertiary/aromatic N) is 1. The summed E-state index contributed by atoms with van der Waals surface area (Å²) in [6, 6.07) is 6.79. The van der Waals surface area contributed by atoms with Crippen LogP contribution < -0.4 is 0 Å². The summed E-state index contributed by atoms with van der Waals surface area (Å²) in [6.07, 6.45) is 3.35. The summed E-state index contributed by atoms with van der Waals surface area (Å²) in [4.78, 5) is 25.4. The second kappa shape index (κ2) is 4.12. The van der Waals surface area contributed by atoms with Crippen molar-refractivity contribution in [2.45, 2.75) is 25.3 Å². The van der Waals surface area contributed by atoms with Crippen molar-refractivity contribution >= 4 is 11.9 Å². The Morgan fingerprint density at radius 2 is 1.89 bits per heavy atom. The highest BCUT2D eigenvalue weighted by Gasteiger charge is 2.41. The van der Waals surface area contributed by atoms with E-state index in [4.69, 9.17) is 5.11 Å². The van der Waals surface area contributed by atoms with E-state index in [1.165, 1.54) is 12.5 Å². The highest BCUT2D eigenvalue weighted by Crippen LogP contribution is 2.38. The van der Waals surface area contributed by atoms with Crippen molar-refractivity contribution in [2.24, 2.45) is 5.92 Å². The van der Waals surface area contributed by atoms with Gasteiger partial charge in [0, 0.05) is 12.6 Å². The molecule has 0 spiro atoms. The maximum absolute atomic E-state index is 12.4. The third-order valence-electron chi connectivity index (χ3n) is 4.06. The second-order valence-electron chi connectivity index (χ2n) is 5.14. The van der Waals surface area contributed by atoms with Gasteiger partial charge in [0.2, 0.25) is 0 Å². The molecule has 1 saturated heterocycles. The first-order chi connectivity index (χ1) is 8.66. The zero-order valence-electron chi connectivity index (χ0n) is 10.0. The van der Waals surface area contributed by atoms with E-state index in [1.54, 1.807) is 18.2 Å². The molecule has 0 radical (unpaired) electrons. The normalized spacial score (nSPS) is 25.4. The minimum absolute atomic E-state index is 0.102. The van der Waals surface area contributed by atoms with E-state index in [0.29, 0.717) is 17.5 Å². The highest BCUT2D eigenvalue weighted by molar-refractivity contribution is 6.05. The molecular weight excluding hydrogens is 230 g/mol. The summed E-state index contributed by atoms with van der Waals surface area (Å²) < 4.78 is 0. The molecule has 1 aliphatic carbocycles. The van der Waals surface area contributed by atoms with E-state index < -0.39 is 5.97 Å². The van der Waals surface area contributed by atoms with Crippen LogP contribution in [0.5, 0.6) is 0 Å². The molecule has 1 saturated carbocycles. The van der Waals surface area contributed by atoms with Crippen LogP contribution in [0.4, 0.5) is 0 Å². The number of likely N-dealkylation sites (tertiary alicyclic amines) is 1. The summed E-state index contributed by atoms with van der Waals surface area (Å²) in [5.41, 5.74) is 0.419. The molecule has 1 amide bonds. The summed E-state index contributed by atoms with van der Waals surface area (Å²) in [5.74, 6) is -0.542. The number of carbonyl (C=O) groups is 2. The fourth-order valence-corrected chi connectivity index (χ4v) is 3.18. The smallest absolute Gasteiger partial charge is 0.336 e. The van der Waals surface area contributed by atoms with Crippen LogP contribution in [-0.4, -0.2) is 34.5 Å². The average Bonchev–Trinajstić information content (AvgIpc) is 3.00. The van der Waals surface area contributed by atoms with Gasteiger partial charge in [-0.15, -0.1) is 0 Å². The Morgan fingerprint density at radius 1 is 1.17 bits per heavy atom. The Balaban J connectivity index is 1.91. The fraction of sp³-hybridized carbons (Fsp3) is 0.429. The van der Waals surface area contributed by atoms with Crippen molar-refractivity contribution in [1.29, 1.82) is 0 Å². The lowest BCUT2D eigenvalue weighted by Gasteiger charge is -2.27. The van der Waals surface area contributed by atoms with Crippen LogP contribution in [0.25, 0.3) is 0 Å². The van der Waals surface area contributed by atoms with Crippen molar-refractivity contribution < 1.29 is 14.7 Å². The number of rotatable bonds is 2. The van der Waals surface area contributed by atoms with Crippen LogP contribution >= 0.6 is 0 Å². The number of hydrogen-bond acceptors (Lipinski definition) is 2. The van der Waals surface area contributed by atoms with Crippen LogP contribution in [0.2, 0.25) is 0 Å². The van der Waals surface area contributed by atoms with Gasteiger partial charge in [0.1, 0.15) is 0 Å². The Labute approximate surface area is 105 Å². The van der Waals surface area contributed by atoms with Gasteiger partial charge in [0.05, 0.1) is 11.1 Å². The third-order valence-corrected chi connectivity index (χ3v) is 4.06.